The molecular formula is C22H24ClF3N6O4. The Balaban J connectivity index is 1.42. The van der Waals surface area contributed by atoms with E-state index in [4.69, 9.17) is 21.1 Å². The number of ether oxygens (including phenoxy) is 2. The van der Waals surface area contributed by atoms with Gasteiger partial charge in [-0.3, -0.25) is 0 Å². The molecule has 36 heavy (non-hydrogen) atoms. The topological polar surface area (TPSA) is 120 Å². The molecule has 14 heteroatoms. The molecule has 3 heterocycles. The van der Waals surface area contributed by atoms with Crippen molar-refractivity contribution in [1.82, 2.24) is 30.0 Å². The van der Waals surface area contributed by atoms with E-state index >= 15 is 0 Å². The van der Waals surface area contributed by atoms with Crippen LogP contribution >= 0.6 is 11.6 Å². The van der Waals surface area contributed by atoms with Gasteiger partial charge in [0, 0.05) is 25.3 Å². The summed E-state index contributed by atoms with van der Waals surface area (Å²) in [5.41, 5.74) is 0.372. The van der Waals surface area contributed by atoms with Crippen LogP contribution in [0.15, 0.2) is 24.5 Å². The molecule has 0 unspecified atom stereocenters. The molecule has 194 valence electrons. The number of aromatic nitrogens is 6. The van der Waals surface area contributed by atoms with Crippen molar-refractivity contribution in [2.45, 2.75) is 61.9 Å². The van der Waals surface area contributed by atoms with Crippen LogP contribution in [-0.2, 0) is 15.9 Å². The minimum Gasteiger partial charge on any atom is -0.394 e. The number of hydrogen-bond donors (Lipinski definition) is 2. The average Bonchev–Trinajstić information content (AvgIpc) is 3.52. The lowest BCUT2D eigenvalue weighted by Crippen LogP contribution is -2.57. The van der Waals surface area contributed by atoms with Crippen molar-refractivity contribution in [3.05, 3.63) is 46.9 Å². The summed E-state index contributed by atoms with van der Waals surface area (Å²) in [6, 6.07) is 1.23. The molecule has 10 nitrogen and oxygen atoms in total. The number of halogens is 4. The second kappa shape index (κ2) is 10.1. The Hall–Kier alpha value is -2.58. The lowest BCUT2D eigenvalue weighted by atomic mass is 9.90. The van der Waals surface area contributed by atoms with E-state index < -0.39 is 54.9 Å². The van der Waals surface area contributed by atoms with E-state index in [2.05, 4.69) is 20.6 Å². The number of aliphatic hydroxyl groups is 2. The highest BCUT2D eigenvalue weighted by Crippen LogP contribution is 2.36. The molecular weight excluding hydrogens is 505 g/mol. The first-order valence-electron chi connectivity index (χ1n) is 11.4. The zero-order chi connectivity index (χ0) is 25.6. The third kappa shape index (κ3) is 4.39. The summed E-state index contributed by atoms with van der Waals surface area (Å²) >= 11 is 5.64. The van der Waals surface area contributed by atoms with Gasteiger partial charge >= 0.3 is 0 Å². The third-order valence-corrected chi connectivity index (χ3v) is 7.12. The van der Waals surface area contributed by atoms with E-state index in [1.54, 1.807) is 6.20 Å². The Morgan fingerprint density at radius 1 is 1.11 bits per heavy atom. The molecule has 2 fully saturated rings. The number of methoxy groups -OCH3 is 1. The van der Waals surface area contributed by atoms with E-state index in [9.17, 15) is 23.4 Å². The Morgan fingerprint density at radius 2 is 1.89 bits per heavy atom. The predicted molar refractivity (Wildman–Crippen MR) is 119 cm³/mol. The summed E-state index contributed by atoms with van der Waals surface area (Å²) in [6.45, 7) is -0.499. The number of rotatable bonds is 7. The molecule has 1 aromatic carbocycles. The van der Waals surface area contributed by atoms with E-state index in [0.717, 1.165) is 0 Å². The van der Waals surface area contributed by atoms with Gasteiger partial charge in [-0.25, -0.2) is 22.5 Å². The van der Waals surface area contributed by atoms with Crippen molar-refractivity contribution in [2.24, 2.45) is 0 Å². The molecule has 1 saturated carbocycles. The molecule has 1 saturated heterocycles. The number of nitrogens with zero attached hydrogens (tertiary/aromatic N) is 6. The summed E-state index contributed by atoms with van der Waals surface area (Å²) in [7, 11) is 1.42. The molecule has 2 N–H and O–H groups in total. The fourth-order valence-electron chi connectivity index (χ4n) is 4.71. The number of alkyl halides is 1. The number of hydrogen-bond acceptors (Lipinski definition) is 8. The lowest BCUT2D eigenvalue weighted by molar-refractivity contribution is -0.212. The fraction of sp³-hybridized carbons (Fsp3) is 0.545. The molecule has 7 atom stereocenters. The first-order chi connectivity index (χ1) is 17.3. The van der Waals surface area contributed by atoms with Crippen LogP contribution in [-0.4, -0.2) is 84.5 Å². The molecule has 0 bridgehead atoms. The summed E-state index contributed by atoms with van der Waals surface area (Å²) in [6.07, 6.45) is -0.382. The van der Waals surface area contributed by atoms with Crippen molar-refractivity contribution in [3.8, 4) is 11.3 Å². The van der Waals surface area contributed by atoms with Crippen LogP contribution in [0, 0.1) is 11.6 Å². The SMILES string of the molecule is CO[C@@H]1[C@@H](n2cc(-c3ccc(Cl)c(F)c3F)nn2)[C@@H](O)[C@@H](CO)O[C@@H]1Cc1cn([C@H]2CC[C@@H]2F)nn1. The minimum atomic E-state index is -1.27. The summed E-state index contributed by atoms with van der Waals surface area (Å²) in [5, 5.41) is 36.5. The Morgan fingerprint density at radius 3 is 2.56 bits per heavy atom. The fourth-order valence-corrected chi connectivity index (χ4v) is 4.86. The van der Waals surface area contributed by atoms with Crippen molar-refractivity contribution in [3.63, 3.8) is 0 Å². The Labute approximate surface area is 208 Å². The van der Waals surface area contributed by atoms with Crippen LogP contribution in [0.1, 0.15) is 30.6 Å². The molecule has 3 aromatic rings. The van der Waals surface area contributed by atoms with Gasteiger partial charge in [0.2, 0.25) is 0 Å². The normalized spacial score (nSPS) is 30.4. The van der Waals surface area contributed by atoms with Crippen LogP contribution in [0.25, 0.3) is 11.3 Å². The maximum absolute atomic E-state index is 14.5. The third-order valence-electron chi connectivity index (χ3n) is 6.83. The van der Waals surface area contributed by atoms with Crippen LogP contribution in [0.5, 0.6) is 0 Å². The van der Waals surface area contributed by atoms with Gasteiger partial charge in [-0.2, -0.15) is 0 Å². The summed E-state index contributed by atoms with van der Waals surface area (Å²) < 4.78 is 56.5. The average molecular weight is 529 g/mol. The van der Waals surface area contributed by atoms with E-state index in [-0.39, 0.29) is 28.7 Å². The monoisotopic (exact) mass is 528 g/mol. The lowest BCUT2D eigenvalue weighted by Gasteiger charge is -2.43. The van der Waals surface area contributed by atoms with Crippen LogP contribution < -0.4 is 0 Å². The highest BCUT2D eigenvalue weighted by molar-refractivity contribution is 6.30. The Bertz CT molecular complexity index is 1230. The maximum Gasteiger partial charge on any atom is 0.178 e. The van der Waals surface area contributed by atoms with Gasteiger partial charge < -0.3 is 19.7 Å². The smallest absolute Gasteiger partial charge is 0.178 e. The molecule has 0 radical (unpaired) electrons. The molecule has 5 rings (SSSR count). The van der Waals surface area contributed by atoms with Gasteiger partial charge in [0.25, 0.3) is 0 Å². The van der Waals surface area contributed by atoms with Crippen LogP contribution in [0.3, 0.4) is 0 Å². The van der Waals surface area contributed by atoms with Gasteiger partial charge in [-0.05, 0) is 25.0 Å². The standard InChI is InChI=1S/C22H24ClF3N6O4/c1-35-22-16(6-10-7-31(29-27-10)15-5-4-13(15)24)36-17(9-33)21(34)20(22)32-8-14(28-30-32)11-2-3-12(23)19(26)18(11)25/h2-3,7-8,13,15-17,20-22,33-34H,4-6,9H2,1H3/t13-,15-,16+,17+,20-,21-,22-/m0/s1. The Kier molecular flexibility index (Phi) is 7.01. The minimum absolute atomic E-state index is 0.0120. The van der Waals surface area contributed by atoms with Crippen molar-refractivity contribution < 1.29 is 32.9 Å². The zero-order valence-electron chi connectivity index (χ0n) is 19.1. The van der Waals surface area contributed by atoms with Crippen LogP contribution in [0.4, 0.5) is 13.2 Å². The van der Waals surface area contributed by atoms with Gasteiger partial charge in [-0.15, -0.1) is 10.2 Å². The van der Waals surface area contributed by atoms with Crippen molar-refractivity contribution in [1.29, 1.82) is 0 Å². The van der Waals surface area contributed by atoms with Gasteiger partial charge in [0.1, 0.15) is 36.2 Å². The first kappa shape index (κ1) is 25.1. The quantitative estimate of drug-likeness (QED) is 0.447. The highest BCUT2D eigenvalue weighted by atomic mass is 35.5. The molecule has 1 aliphatic heterocycles. The van der Waals surface area contributed by atoms with Crippen molar-refractivity contribution >= 4 is 11.6 Å². The van der Waals surface area contributed by atoms with Gasteiger partial charge in [0.15, 0.2) is 11.6 Å². The van der Waals surface area contributed by atoms with Gasteiger partial charge in [0.05, 0.1) is 35.7 Å². The van der Waals surface area contributed by atoms with Crippen molar-refractivity contribution in [2.75, 3.05) is 13.7 Å². The second-order valence-electron chi connectivity index (χ2n) is 8.94. The summed E-state index contributed by atoms with van der Waals surface area (Å²) in [5.74, 6) is -2.39. The first-order valence-corrected chi connectivity index (χ1v) is 11.8. The molecule has 2 aromatic heterocycles. The summed E-state index contributed by atoms with van der Waals surface area (Å²) in [4.78, 5) is 0. The van der Waals surface area contributed by atoms with E-state index in [1.807, 2.05) is 0 Å². The number of benzene rings is 1. The van der Waals surface area contributed by atoms with Gasteiger partial charge in [-0.1, -0.05) is 22.0 Å². The van der Waals surface area contributed by atoms with E-state index in [1.165, 1.54) is 34.8 Å². The molecule has 2 aliphatic rings. The molecule has 0 amide bonds. The number of aliphatic hydroxyl groups excluding tert-OH is 2. The molecule has 1 aliphatic carbocycles. The predicted octanol–water partition coefficient (Wildman–Crippen LogP) is 2.06. The van der Waals surface area contributed by atoms with Crippen LogP contribution in [0.2, 0.25) is 5.02 Å². The molecule has 0 spiro atoms. The second-order valence-corrected chi connectivity index (χ2v) is 9.35. The zero-order valence-corrected chi connectivity index (χ0v) is 19.8. The maximum atomic E-state index is 14.5. The highest BCUT2D eigenvalue weighted by Gasteiger charge is 2.47. The largest absolute Gasteiger partial charge is 0.394 e. The van der Waals surface area contributed by atoms with E-state index in [0.29, 0.717) is 18.5 Å².